The fraction of sp³-hybridized carbons (Fsp3) is 0.333. The molecule has 0 atom stereocenters. The lowest BCUT2D eigenvalue weighted by Gasteiger charge is -2.42. The van der Waals surface area contributed by atoms with Crippen LogP contribution in [-0.4, -0.2) is 0 Å². The highest BCUT2D eigenvalue weighted by Crippen LogP contribution is 2.47. The van der Waals surface area contributed by atoms with Gasteiger partial charge in [-0.05, 0) is 71.6 Å². The van der Waals surface area contributed by atoms with Crippen molar-refractivity contribution in [2.45, 2.75) is 58.3 Å². The van der Waals surface area contributed by atoms with Crippen molar-refractivity contribution in [1.82, 2.24) is 0 Å². The predicted octanol–water partition coefficient (Wildman–Crippen LogP) is 7.99. The zero-order valence-electron chi connectivity index (χ0n) is 18.0. The van der Waals surface area contributed by atoms with Gasteiger partial charge in [0, 0.05) is 11.1 Å². The normalized spacial score (nSPS) is 17.4. The third kappa shape index (κ3) is 2.85. The van der Waals surface area contributed by atoms with E-state index in [0.717, 1.165) is 27.6 Å². The van der Waals surface area contributed by atoms with Gasteiger partial charge in [0.15, 0.2) is 0 Å². The number of nitrogens with one attached hydrogen (secondary N) is 1. The smallest absolute Gasteiger partial charge is 0.137 e. The Kier molecular flexibility index (Phi) is 3.87. The van der Waals surface area contributed by atoms with Crippen LogP contribution < -0.4 is 5.32 Å². The SMILES string of the molecule is Cc1cc2c(cc1Nc1cccc3oc4ccccc4c13)C(C)(C)CCC2(C)C. The summed E-state index contributed by atoms with van der Waals surface area (Å²) in [6, 6.07) is 19.3. The average Bonchev–Trinajstić information content (AvgIpc) is 3.06. The molecule has 1 aliphatic rings. The molecule has 0 amide bonds. The number of rotatable bonds is 2. The quantitative estimate of drug-likeness (QED) is 0.379. The molecular weight excluding hydrogens is 354 g/mol. The summed E-state index contributed by atoms with van der Waals surface area (Å²) >= 11 is 0. The van der Waals surface area contributed by atoms with Crippen molar-refractivity contribution in [1.29, 1.82) is 0 Å². The first-order chi connectivity index (χ1) is 13.8. The van der Waals surface area contributed by atoms with E-state index in [1.807, 2.05) is 18.2 Å². The highest BCUT2D eigenvalue weighted by Gasteiger charge is 2.37. The van der Waals surface area contributed by atoms with Gasteiger partial charge in [-0.2, -0.15) is 0 Å². The minimum absolute atomic E-state index is 0.198. The standard InChI is InChI=1S/C27H29NO/c1-17-15-19-20(27(4,5)14-13-26(19,2)3)16-22(17)28-21-10-8-12-24-25(21)18-9-6-7-11-23(18)29-24/h6-12,15-16,28H,13-14H2,1-5H3. The highest BCUT2D eigenvalue weighted by molar-refractivity contribution is 6.12. The summed E-state index contributed by atoms with van der Waals surface area (Å²) in [6.45, 7) is 11.7. The van der Waals surface area contributed by atoms with E-state index in [1.54, 1.807) is 0 Å². The van der Waals surface area contributed by atoms with Gasteiger partial charge in [0.05, 0.1) is 11.1 Å². The number of fused-ring (bicyclic) bond motifs is 4. The van der Waals surface area contributed by atoms with E-state index >= 15 is 0 Å². The Balaban J connectivity index is 1.67. The maximum Gasteiger partial charge on any atom is 0.137 e. The Morgan fingerprint density at radius 2 is 1.41 bits per heavy atom. The van der Waals surface area contributed by atoms with Crippen LogP contribution in [0.2, 0.25) is 0 Å². The number of anilines is 2. The first-order valence-corrected chi connectivity index (χ1v) is 10.6. The zero-order chi connectivity index (χ0) is 20.4. The summed E-state index contributed by atoms with van der Waals surface area (Å²) in [5.41, 5.74) is 8.85. The summed E-state index contributed by atoms with van der Waals surface area (Å²) in [5, 5.41) is 6.06. The molecule has 1 heterocycles. The molecule has 4 aromatic rings. The molecule has 0 radical (unpaired) electrons. The summed E-state index contributed by atoms with van der Waals surface area (Å²) in [6.07, 6.45) is 2.46. The molecule has 0 saturated heterocycles. The third-order valence-corrected chi connectivity index (χ3v) is 6.87. The summed E-state index contributed by atoms with van der Waals surface area (Å²) in [4.78, 5) is 0. The van der Waals surface area contributed by atoms with Crippen molar-refractivity contribution >= 4 is 33.3 Å². The van der Waals surface area contributed by atoms with Crippen molar-refractivity contribution in [3.63, 3.8) is 0 Å². The fourth-order valence-corrected chi connectivity index (χ4v) is 4.88. The van der Waals surface area contributed by atoms with Gasteiger partial charge in [-0.25, -0.2) is 0 Å². The Morgan fingerprint density at radius 3 is 2.17 bits per heavy atom. The van der Waals surface area contributed by atoms with E-state index in [0.29, 0.717) is 0 Å². The van der Waals surface area contributed by atoms with Gasteiger partial charge in [0.2, 0.25) is 0 Å². The molecule has 0 fully saturated rings. The van der Waals surface area contributed by atoms with Crippen molar-refractivity contribution in [2.75, 3.05) is 5.32 Å². The number of benzene rings is 3. The molecule has 2 heteroatoms. The van der Waals surface area contributed by atoms with Gasteiger partial charge in [-0.3, -0.25) is 0 Å². The highest BCUT2D eigenvalue weighted by atomic mass is 16.3. The van der Waals surface area contributed by atoms with Crippen molar-refractivity contribution in [3.8, 4) is 0 Å². The van der Waals surface area contributed by atoms with Crippen LogP contribution in [0, 0.1) is 6.92 Å². The molecule has 2 nitrogen and oxygen atoms in total. The Morgan fingerprint density at radius 1 is 0.759 bits per heavy atom. The molecule has 29 heavy (non-hydrogen) atoms. The molecule has 1 aliphatic carbocycles. The number of hydrogen-bond acceptors (Lipinski definition) is 2. The number of aryl methyl sites for hydroxylation is 1. The number of hydrogen-bond donors (Lipinski definition) is 1. The van der Waals surface area contributed by atoms with E-state index < -0.39 is 0 Å². The van der Waals surface area contributed by atoms with Gasteiger partial charge in [0.25, 0.3) is 0 Å². The van der Waals surface area contributed by atoms with Gasteiger partial charge in [-0.1, -0.05) is 58.0 Å². The molecule has 3 aromatic carbocycles. The van der Waals surface area contributed by atoms with E-state index in [9.17, 15) is 0 Å². The number of furan rings is 1. The second-order valence-electron chi connectivity index (χ2n) is 9.88. The lowest BCUT2D eigenvalue weighted by Crippen LogP contribution is -2.34. The molecule has 1 N–H and O–H groups in total. The van der Waals surface area contributed by atoms with E-state index in [-0.39, 0.29) is 10.8 Å². The van der Waals surface area contributed by atoms with Crippen LogP contribution in [0.5, 0.6) is 0 Å². The summed E-state index contributed by atoms with van der Waals surface area (Å²) < 4.78 is 6.07. The van der Waals surface area contributed by atoms with Gasteiger partial charge in [-0.15, -0.1) is 0 Å². The van der Waals surface area contributed by atoms with Gasteiger partial charge >= 0.3 is 0 Å². The zero-order valence-corrected chi connectivity index (χ0v) is 18.0. The maximum absolute atomic E-state index is 6.07. The topological polar surface area (TPSA) is 25.2 Å². The van der Waals surface area contributed by atoms with E-state index in [1.165, 1.54) is 35.2 Å². The second kappa shape index (κ2) is 6.13. The molecule has 0 spiro atoms. The maximum atomic E-state index is 6.07. The molecule has 148 valence electrons. The minimum Gasteiger partial charge on any atom is -0.456 e. The largest absolute Gasteiger partial charge is 0.456 e. The first-order valence-electron chi connectivity index (χ1n) is 10.6. The van der Waals surface area contributed by atoms with Gasteiger partial charge in [0.1, 0.15) is 11.2 Å². The molecule has 0 unspecified atom stereocenters. The second-order valence-corrected chi connectivity index (χ2v) is 9.88. The number of para-hydroxylation sites is 1. The fourth-order valence-electron chi connectivity index (χ4n) is 4.88. The summed E-state index contributed by atoms with van der Waals surface area (Å²) in [5.74, 6) is 0. The van der Waals surface area contributed by atoms with Crippen LogP contribution in [0.15, 0.2) is 59.0 Å². The minimum atomic E-state index is 0.198. The Hall–Kier alpha value is -2.74. The lowest BCUT2D eigenvalue weighted by atomic mass is 9.63. The van der Waals surface area contributed by atoms with Crippen LogP contribution in [0.4, 0.5) is 11.4 Å². The van der Waals surface area contributed by atoms with Crippen LogP contribution in [-0.2, 0) is 10.8 Å². The monoisotopic (exact) mass is 383 g/mol. The van der Waals surface area contributed by atoms with Crippen LogP contribution >= 0.6 is 0 Å². The van der Waals surface area contributed by atoms with Crippen molar-refractivity contribution < 1.29 is 4.42 Å². The predicted molar refractivity (Wildman–Crippen MR) is 123 cm³/mol. The van der Waals surface area contributed by atoms with E-state index in [2.05, 4.69) is 76.3 Å². The average molecular weight is 384 g/mol. The first kappa shape index (κ1) is 18.3. The molecule has 0 aliphatic heterocycles. The molecule has 5 rings (SSSR count). The lowest BCUT2D eigenvalue weighted by molar-refractivity contribution is 0.332. The van der Waals surface area contributed by atoms with E-state index in [4.69, 9.17) is 4.42 Å². The molecule has 0 saturated carbocycles. The van der Waals surface area contributed by atoms with Gasteiger partial charge < -0.3 is 9.73 Å². The Labute approximate surface area is 172 Å². The summed E-state index contributed by atoms with van der Waals surface area (Å²) in [7, 11) is 0. The third-order valence-electron chi connectivity index (χ3n) is 6.87. The van der Waals surface area contributed by atoms with Crippen LogP contribution in [0.3, 0.4) is 0 Å². The molecular formula is C27H29NO. The van der Waals surface area contributed by atoms with Crippen LogP contribution in [0.1, 0.15) is 57.2 Å². The molecule has 1 aromatic heterocycles. The van der Waals surface area contributed by atoms with Crippen molar-refractivity contribution in [2.24, 2.45) is 0 Å². The molecule has 0 bridgehead atoms. The Bertz CT molecular complexity index is 1240. The van der Waals surface area contributed by atoms with Crippen LogP contribution in [0.25, 0.3) is 21.9 Å². The van der Waals surface area contributed by atoms with Crippen molar-refractivity contribution in [3.05, 3.63) is 71.3 Å².